The van der Waals surface area contributed by atoms with E-state index < -0.39 is 0 Å². The molecule has 2 fully saturated rings. The third-order valence-corrected chi connectivity index (χ3v) is 9.91. The maximum absolute atomic E-state index is 11.8. The molecule has 0 aliphatic carbocycles. The summed E-state index contributed by atoms with van der Waals surface area (Å²) in [7, 11) is 8.12. The first kappa shape index (κ1) is 33.9. The molecule has 2 aliphatic heterocycles. The molecule has 48 heavy (non-hydrogen) atoms. The Hall–Kier alpha value is -3.96. The summed E-state index contributed by atoms with van der Waals surface area (Å²) in [6.07, 6.45) is 14.0. The third kappa shape index (κ3) is 7.68. The third-order valence-electron chi connectivity index (χ3n) is 9.91. The number of aromatic amines is 2. The second kappa shape index (κ2) is 15.5. The molecule has 4 atom stereocenters. The summed E-state index contributed by atoms with van der Waals surface area (Å²) < 4.78 is 0. The van der Waals surface area contributed by atoms with E-state index >= 15 is 0 Å². The fourth-order valence-electron chi connectivity index (χ4n) is 7.25. The van der Waals surface area contributed by atoms with Crippen LogP contribution in [0.3, 0.4) is 0 Å². The van der Waals surface area contributed by atoms with E-state index in [1.807, 2.05) is 40.6 Å². The van der Waals surface area contributed by atoms with Crippen molar-refractivity contribution in [2.24, 2.45) is 0 Å². The lowest BCUT2D eigenvalue weighted by Gasteiger charge is -2.28. The van der Waals surface area contributed by atoms with Gasteiger partial charge in [-0.15, -0.1) is 0 Å². The van der Waals surface area contributed by atoms with Gasteiger partial charge in [-0.1, -0.05) is 48.5 Å². The highest BCUT2D eigenvalue weighted by molar-refractivity contribution is 5.71. The van der Waals surface area contributed by atoms with Crippen LogP contribution in [-0.2, 0) is 9.59 Å². The molecule has 2 aliphatic rings. The molecule has 2 saturated heterocycles. The van der Waals surface area contributed by atoms with Crippen molar-refractivity contribution >= 4 is 12.6 Å². The number of likely N-dealkylation sites (tertiary alicyclic amines) is 2. The second-order valence-corrected chi connectivity index (χ2v) is 13.8. The largest absolute Gasteiger partial charge is 0.341 e. The molecule has 10 heteroatoms. The maximum atomic E-state index is 11.8. The number of carbonyl (C=O) groups excluding carboxylic acids is 2. The van der Waals surface area contributed by atoms with Gasteiger partial charge in [0.15, 0.2) is 0 Å². The predicted octanol–water partition coefficient (Wildman–Crippen LogP) is 5.27. The quantitative estimate of drug-likeness (QED) is 0.180. The van der Waals surface area contributed by atoms with Crippen molar-refractivity contribution in [3.8, 4) is 33.6 Å². The van der Waals surface area contributed by atoms with E-state index in [-0.39, 0.29) is 24.2 Å². The molecule has 2 radical (unpaired) electrons. The Kier molecular flexibility index (Phi) is 11.0. The average Bonchev–Trinajstić information content (AvgIpc) is 3.92. The number of aromatic nitrogens is 4. The van der Waals surface area contributed by atoms with Crippen LogP contribution in [0.15, 0.2) is 60.9 Å². The van der Waals surface area contributed by atoms with Crippen LogP contribution >= 0.6 is 0 Å². The van der Waals surface area contributed by atoms with Crippen molar-refractivity contribution in [1.29, 1.82) is 0 Å². The van der Waals surface area contributed by atoms with Crippen LogP contribution < -0.4 is 0 Å². The van der Waals surface area contributed by atoms with Crippen LogP contribution in [0.4, 0.5) is 0 Å². The van der Waals surface area contributed by atoms with E-state index in [2.05, 4.69) is 90.7 Å². The molecule has 252 valence electrons. The highest BCUT2D eigenvalue weighted by atomic mass is 16.1. The Balaban J connectivity index is 1.10. The molecule has 2 aromatic carbocycles. The van der Waals surface area contributed by atoms with E-state index in [4.69, 9.17) is 9.97 Å². The average molecular weight is 649 g/mol. The van der Waals surface area contributed by atoms with Gasteiger partial charge in [0.25, 0.3) is 0 Å². The van der Waals surface area contributed by atoms with Gasteiger partial charge in [-0.2, -0.15) is 0 Å². The fraction of sp³-hybridized carbons (Fsp3) is 0.474. The number of benzene rings is 2. The highest BCUT2D eigenvalue weighted by Gasteiger charge is 2.35. The zero-order valence-electron chi connectivity index (χ0n) is 28.7. The van der Waals surface area contributed by atoms with Gasteiger partial charge in [-0.05, 0) is 115 Å². The maximum Gasteiger partial charge on any atom is 0.217 e. The van der Waals surface area contributed by atoms with Gasteiger partial charge in [0.05, 0.1) is 47.9 Å². The van der Waals surface area contributed by atoms with Gasteiger partial charge < -0.3 is 19.8 Å². The van der Waals surface area contributed by atoms with Crippen LogP contribution in [0, 0.1) is 0 Å². The Labute approximate surface area is 284 Å². The monoisotopic (exact) mass is 648 g/mol. The van der Waals surface area contributed by atoms with Crippen LogP contribution in [0.2, 0.25) is 0 Å². The van der Waals surface area contributed by atoms with E-state index in [0.717, 1.165) is 110 Å². The van der Waals surface area contributed by atoms with E-state index in [1.165, 1.54) is 0 Å². The smallest absolute Gasteiger partial charge is 0.217 e. The molecule has 0 spiro atoms. The van der Waals surface area contributed by atoms with Crippen LogP contribution in [0.5, 0.6) is 0 Å². The Bertz CT molecular complexity index is 1510. The summed E-state index contributed by atoms with van der Waals surface area (Å²) in [4.78, 5) is 49.0. The van der Waals surface area contributed by atoms with Gasteiger partial charge in [0.1, 0.15) is 11.6 Å². The van der Waals surface area contributed by atoms with Gasteiger partial charge in [0.2, 0.25) is 12.6 Å². The molecule has 2 unspecified atom stereocenters. The Morgan fingerprint density at radius 3 is 1.40 bits per heavy atom. The van der Waals surface area contributed by atoms with Crippen molar-refractivity contribution in [3.63, 3.8) is 0 Å². The first-order valence-electron chi connectivity index (χ1n) is 17.2. The van der Waals surface area contributed by atoms with Crippen molar-refractivity contribution in [1.82, 2.24) is 39.5 Å². The lowest BCUT2D eigenvalue weighted by molar-refractivity contribution is 0.195. The van der Waals surface area contributed by atoms with E-state index in [0.29, 0.717) is 0 Å². The van der Waals surface area contributed by atoms with Gasteiger partial charge in [-0.25, -0.2) is 9.97 Å². The molecular weight excluding hydrogens is 600 g/mol. The number of nitrogens with zero attached hydrogens (tertiary/aromatic N) is 6. The number of nitrogens with one attached hydrogen (secondary N) is 2. The summed E-state index contributed by atoms with van der Waals surface area (Å²) in [6, 6.07) is 16.9. The Morgan fingerprint density at radius 1 is 0.667 bits per heavy atom. The fourth-order valence-corrected chi connectivity index (χ4v) is 7.25. The summed E-state index contributed by atoms with van der Waals surface area (Å²) in [5.74, 6) is 1.84. The molecule has 2 aromatic heterocycles. The molecule has 2 N–H and O–H groups in total. The predicted molar refractivity (Wildman–Crippen MR) is 190 cm³/mol. The number of hydrogen-bond donors (Lipinski definition) is 2. The normalized spacial score (nSPS) is 20.1. The molecule has 4 heterocycles. The van der Waals surface area contributed by atoms with E-state index in [9.17, 15) is 9.59 Å². The van der Waals surface area contributed by atoms with Crippen molar-refractivity contribution in [2.75, 3.05) is 54.4 Å². The standard InChI is InChI=1S/C38H48N8O2/c1-43(2)21-17-31(25-47)45-19-5-7-35(45)37-39-23-33(41-37)29-13-9-27(10-14-29)28-11-15-30(16-12-28)34-24-40-38(42-34)36-8-6-20-46(36)32(26-48)18-22-44(3)4/h9-16,23-24,31-32,35-36H,5-8,17-22H2,1-4H3,(H,39,41)(H,40,42)/t31-,32-,35?,36?/m0/s1. The molecule has 4 aromatic rings. The molecule has 0 saturated carbocycles. The number of hydrogen-bond acceptors (Lipinski definition) is 8. The first-order valence-corrected chi connectivity index (χ1v) is 17.2. The number of H-pyrrole nitrogens is 2. The summed E-state index contributed by atoms with van der Waals surface area (Å²) >= 11 is 0. The minimum Gasteiger partial charge on any atom is -0.341 e. The lowest BCUT2D eigenvalue weighted by atomic mass is 10.0. The number of rotatable bonds is 15. The zero-order valence-corrected chi connectivity index (χ0v) is 28.7. The summed E-state index contributed by atoms with van der Waals surface area (Å²) in [6.45, 7) is 3.48. The summed E-state index contributed by atoms with van der Waals surface area (Å²) in [5.41, 5.74) is 6.38. The second-order valence-electron chi connectivity index (χ2n) is 13.8. The zero-order chi connectivity index (χ0) is 33.6. The van der Waals surface area contributed by atoms with Crippen LogP contribution in [-0.4, -0.2) is 119 Å². The highest BCUT2D eigenvalue weighted by Crippen LogP contribution is 2.35. The van der Waals surface area contributed by atoms with Gasteiger partial charge >= 0.3 is 0 Å². The SMILES string of the molecule is CN(C)CC[C@@H]([C]=O)N1CCCC1c1ncc(-c2ccc(-c3ccc(-c4cnc(C5CCCN5[C@H]([C]=O)CCN(C)C)[nH]4)cc3)cc2)[nH]1. The van der Waals surface area contributed by atoms with Crippen LogP contribution in [0.1, 0.15) is 62.3 Å². The molecule has 0 bridgehead atoms. The molecule has 10 nitrogen and oxygen atoms in total. The van der Waals surface area contributed by atoms with Crippen molar-refractivity contribution in [3.05, 3.63) is 72.6 Å². The molecule has 6 rings (SSSR count). The minimum absolute atomic E-state index is 0.105. The minimum atomic E-state index is -0.218. The number of imidazole rings is 2. The lowest BCUT2D eigenvalue weighted by Crippen LogP contribution is -2.38. The van der Waals surface area contributed by atoms with Crippen molar-refractivity contribution in [2.45, 2.75) is 62.7 Å². The Morgan fingerprint density at radius 2 is 1.04 bits per heavy atom. The molecular formula is C38H48N8O2. The van der Waals surface area contributed by atoms with Crippen LogP contribution in [0.25, 0.3) is 33.6 Å². The van der Waals surface area contributed by atoms with Gasteiger partial charge in [0, 0.05) is 0 Å². The van der Waals surface area contributed by atoms with Gasteiger partial charge in [-0.3, -0.25) is 19.4 Å². The topological polar surface area (TPSA) is 104 Å². The van der Waals surface area contributed by atoms with E-state index in [1.54, 1.807) is 0 Å². The van der Waals surface area contributed by atoms with Crippen molar-refractivity contribution < 1.29 is 9.59 Å². The summed E-state index contributed by atoms with van der Waals surface area (Å²) in [5, 5.41) is 0. The molecule has 0 amide bonds. The first-order chi connectivity index (χ1) is 23.3.